The molecule has 0 saturated carbocycles. The average Bonchev–Trinajstić information content (AvgIpc) is 2.18. The third-order valence-corrected chi connectivity index (χ3v) is 4.70. The summed E-state index contributed by atoms with van der Waals surface area (Å²) in [6, 6.07) is 6.70. The van der Waals surface area contributed by atoms with Gasteiger partial charge in [0, 0.05) is 0 Å². The summed E-state index contributed by atoms with van der Waals surface area (Å²) in [6.07, 6.45) is 5.23. The van der Waals surface area contributed by atoms with Crippen LogP contribution < -0.4 is 0 Å². The van der Waals surface area contributed by atoms with Crippen LogP contribution in [0.4, 0.5) is 0 Å². The molecule has 0 spiro atoms. The summed E-state index contributed by atoms with van der Waals surface area (Å²) >= 11 is 0. The summed E-state index contributed by atoms with van der Waals surface area (Å²) in [4.78, 5) is 0.274. The van der Waals surface area contributed by atoms with Crippen LogP contribution >= 0.6 is 0 Å². The van der Waals surface area contributed by atoms with Crippen molar-refractivity contribution >= 4 is 9.84 Å². The molecule has 0 heterocycles. The van der Waals surface area contributed by atoms with E-state index < -0.39 is 14.6 Å². The molecule has 0 saturated heterocycles. The topological polar surface area (TPSA) is 34.1 Å². The van der Waals surface area contributed by atoms with Crippen LogP contribution in [-0.4, -0.2) is 13.2 Å². The molecule has 0 bridgehead atoms. The zero-order chi connectivity index (χ0) is 11.7. The molecule has 0 fully saturated rings. The maximum absolute atomic E-state index is 12.1. The van der Waals surface area contributed by atoms with Crippen molar-refractivity contribution in [3.63, 3.8) is 0 Å². The molecule has 1 aromatic rings. The maximum atomic E-state index is 12.1. The Morgan fingerprint density at radius 1 is 1.20 bits per heavy atom. The zero-order valence-corrected chi connectivity index (χ0v) is 9.93. The molecule has 2 nitrogen and oxygen atoms in total. The van der Waals surface area contributed by atoms with E-state index in [1.807, 2.05) is 6.92 Å². The molecule has 0 aromatic heterocycles. The highest BCUT2D eigenvalue weighted by Gasteiger charge is 2.33. The van der Waals surface area contributed by atoms with Gasteiger partial charge in [-0.3, -0.25) is 0 Å². The van der Waals surface area contributed by atoms with Gasteiger partial charge >= 0.3 is 0 Å². The third-order valence-electron chi connectivity index (χ3n) is 2.35. The van der Waals surface area contributed by atoms with E-state index in [2.05, 4.69) is 5.92 Å². The van der Waals surface area contributed by atoms with Crippen LogP contribution in [0.2, 0.25) is 0 Å². The van der Waals surface area contributed by atoms with Crippen LogP contribution in [0.15, 0.2) is 29.2 Å². The lowest BCUT2D eigenvalue weighted by atomic mass is 10.2. The first-order valence-electron chi connectivity index (χ1n) is 4.60. The van der Waals surface area contributed by atoms with Crippen molar-refractivity contribution in [3.8, 4) is 12.3 Å². The van der Waals surface area contributed by atoms with Crippen molar-refractivity contribution in [3.05, 3.63) is 29.8 Å². The Balaban J connectivity index is 3.32. The van der Waals surface area contributed by atoms with Crippen molar-refractivity contribution in [2.45, 2.75) is 30.4 Å². The Hall–Kier alpha value is -1.27. The third kappa shape index (κ3) is 2.05. The fraction of sp³-hybridized carbons (Fsp3) is 0.333. The fourth-order valence-electron chi connectivity index (χ4n) is 1.09. The molecule has 0 aliphatic rings. The van der Waals surface area contributed by atoms with E-state index in [1.54, 1.807) is 24.3 Å². The second kappa shape index (κ2) is 3.71. The number of hydrogen-bond acceptors (Lipinski definition) is 2. The molecule has 0 atom stereocenters. The molecular formula is C12H14O2S. The first-order chi connectivity index (χ1) is 6.81. The quantitative estimate of drug-likeness (QED) is 0.719. The Labute approximate surface area is 91.2 Å². The normalized spacial score (nSPS) is 12.1. The van der Waals surface area contributed by atoms with Gasteiger partial charge in [0.1, 0.15) is 4.75 Å². The van der Waals surface area contributed by atoms with Gasteiger partial charge in [-0.2, -0.15) is 0 Å². The monoisotopic (exact) mass is 222 g/mol. The van der Waals surface area contributed by atoms with Crippen LogP contribution in [0, 0.1) is 19.3 Å². The second-order valence-electron chi connectivity index (χ2n) is 3.97. The number of sulfone groups is 1. The van der Waals surface area contributed by atoms with E-state index in [-0.39, 0.29) is 4.90 Å². The minimum absolute atomic E-state index is 0.274. The van der Waals surface area contributed by atoms with Gasteiger partial charge in [-0.05, 0) is 32.9 Å². The van der Waals surface area contributed by atoms with E-state index >= 15 is 0 Å². The van der Waals surface area contributed by atoms with E-state index in [0.29, 0.717) is 0 Å². The second-order valence-corrected chi connectivity index (χ2v) is 6.47. The molecule has 15 heavy (non-hydrogen) atoms. The lowest BCUT2D eigenvalue weighted by Crippen LogP contribution is -2.29. The Bertz CT molecular complexity index is 487. The molecule has 0 aliphatic carbocycles. The largest absolute Gasteiger partial charge is 0.222 e. The zero-order valence-electron chi connectivity index (χ0n) is 9.11. The van der Waals surface area contributed by atoms with E-state index in [0.717, 1.165) is 5.56 Å². The lowest BCUT2D eigenvalue weighted by molar-refractivity contribution is 0.575. The van der Waals surface area contributed by atoms with Gasteiger partial charge < -0.3 is 0 Å². The maximum Gasteiger partial charge on any atom is 0.194 e. The van der Waals surface area contributed by atoms with Crippen LogP contribution in [0.25, 0.3) is 0 Å². The average molecular weight is 222 g/mol. The van der Waals surface area contributed by atoms with Crippen molar-refractivity contribution in [1.29, 1.82) is 0 Å². The minimum Gasteiger partial charge on any atom is -0.222 e. The summed E-state index contributed by atoms with van der Waals surface area (Å²) in [6.45, 7) is 4.97. The van der Waals surface area contributed by atoms with E-state index in [4.69, 9.17) is 6.42 Å². The molecule has 0 aliphatic heterocycles. The van der Waals surface area contributed by atoms with E-state index in [9.17, 15) is 8.42 Å². The Morgan fingerprint density at radius 3 is 2.07 bits per heavy atom. The molecule has 1 aromatic carbocycles. The van der Waals surface area contributed by atoms with Crippen molar-refractivity contribution in [2.75, 3.05) is 0 Å². The van der Waals surface area contributed by atoms with Gasteiger partial charge in [0.05, 0.1) is 4.90 Å². The molecule has 0 N–H and O–H groups in total. The molecule has 0 unspecified atom stereocenters. The summed E-state index contributed by atoms with van der Waals surface area (Å²) in [5, 5.41) is 0. The summed E-state index contributed by atoms with van der Waals surface area (Å²) < 4.78 is 22.9. The van der Waals surface area contributed by atoms with Gasteiger partial charge in [0.2, 0.25) is 0 Å². The highest BCUT2D eigenvalue weighted by molar-refractivity contribution is 7.93. The number of hydrogen-bond donors (Lipinski definition) is 0. The summed E-state index contributed by atoms with van der Waals surface area (Å²) in [5.41, 5.74) is 1.02. The molecule has 3 heteroatoms. The smallest absolute Gasteiger partial charge is 0.194 e. The van der Waals surface area contributed by atoms with Crippen LogP contribution in [0.1, 0.15) is 19.4 Å². The molecule has 0 radical (unpaired) electrons. The highest BCUT2D eigenvalue weighted by atomic mass is 32.2. The SMILES string of the molecule is C#CC(C)(C)S(=O)(=O)c1ccc(C)cc1. The van der Waals surface area contributed by atoms with Gasteiger partial charge in [0.15, 0.2) is 9.84 Å². The van der Waals surface area contributed by atoms with Crippen LogP contribution in [0.5, 0.6) is 0 Å². The highest BCUT2D eigenvalue weighted by Crippen LogP contribution is 2.24. The standard InChI is InChI=1S/C12H14O2S/c1-5-12(3,4)15(13,14)11-8-6-10(2)7-9-11/h1,6-9H,2-4H3. The number of aryl methyl sites for hydroxylation is 1. The number of rotatable bonds is 2. The Kier molecular flexibility index (Phi) is 2.92. The van der Waals surface area contributed by atoms with Crippen molar-refractivity contribution in [1.82, 2.24) is 0 Å². The number of terminal acetylenes is 1. The first kappa shape index (κ1) is 11.8. The fourth-order valence-corrected chi connectivity index (χ4v) is 2.33. The lowest BCUT2D eigenvalue weighted by Gasteiger charge is -2.18. The molecular weight excluding hydrogens is 208 g/mol. The van der Waals surface area contributed by atoms with Crippen molar-refractivity contribution < 1.29 is 8.42 Å². The summed E-state index contributed by atoms with van der Waals surface area (Å²) in [5.74, 6) is 2.31. The van der Waals surface area contributed by atoms with Gasteiger partial charge in [-0.25, -0.2) is 8.42 Å². The van der Waals surface area contributed by atoms with E-state index in [1.165, 1.54) is 13.8 Å². The summed E-state index contributed by atoms with van der Waals surface area (Å²) in [7, 11) is -3.44. The minimum atomic E-state index is -3.44. The molecule has 80 valence electrons. The molecule has 0 amide bonds. The van der Waals surface area contributed by atoms with Crippen LogP contribution in [-0.2, 0) is 9.84 Å². The number of benzene rings is 1. The van der Waals surface area contributed by atoms with Gasteiger partial charge in [-0.15, -0.1) is 6.42 Å². The van der Waals surface area contributed by atoms with Crippen molar-refractivity contribution in [2.24, 2.45) is 0 Å². The molecule has 1 rings (SSSR count). The Morgan fingerprint density at radius 2 is 1.67 bits per heavy atom. The predicted octanol–water partition coefficient (Wildman–Crippen LogP) is 2.18. The predicted molar refractivity (Wildman–Crippen MR) is 61.3 cm³/mol. The van der Waals surface area contributed by atoms with Gasteiger partial charge in [0.25, 0.3) is 0 Å². The first-order valence-corrected chi connectivity index (χ1v) is 6.08. The van der Waals surface area contributed by atoms with Gasteiger partial charge in [-0.1, -0.05) is 23.6 Å². The van der Waals surface area contributed by atoms with Crippen LogP contribution in [0.3, 0.4) is 0 Å².